The minimum Gasteiger partial charge on any atom is -0.480 e. The lowest BCUT2D eigenvalue weighted by atomic mass is 10.00. The summed E-state index contributed by atoms with van der Waals surface area (Å²) in [4.78, 5) is 14.4. The summed E-state index contributed by atoms with van der Waals surface area (Å²) < 4.78 is 0. The van der Waals surface area contributed by atoms with Crippen molar-refractivity contribution < 1.29 is 9.90 Å². The summed E-state index contributed by atoms with van der Waals surface area (Å²) in [6.07, 6.45) is 0.981. The molecule has 0 fully saturated rings. The molecule has 0 saturated heterocycles. The van der Waals surface area contributed by atoms with Gasteiger partial charge in [0.1, 0.15) is 6.04 Å². The van der Waals surface area contributed by atoms with Crippen LogP contribution in [0.15, 0.2) is 11.4 Å². The zero-order chi connectivity index (χ0) is 11.0. The number of nitrogens with zero attached hydrogens (tertiary/aromatic N) is 1. The van der Waals surface area contributed by atoms with E-state index in [-0.39, 0.29) is 6.04 Å². The number of carbonyl (C=O) groups is 1. The molecule has 1 aliphatic rings. The summed E-state index contributed by atoms with van der Waals surface area (Å²) in [7, 11) is 0. The van der Waals surface area contributed by atoms with E-state index >= 15 is 0 Å². The molecule has 0 amide bonds. The summed E-state index contributed by atoms with van der Waals surface area (Å²) in [5.74, 6) is -0.736. The number of aliphatic carboxylic acids is 1. The van der Waals surface area contributed by atoms with Crippen molar-refractivity contribution in [3.05, 3.63) is 21.9 Å². The van der Waals surface area contributed by atoms with E-state index in [9.17, 15) is 4.79 Å². The minimum atomic E-state index is -0.736. The van der Waals surface area contributed by atoms with E-state index in [1.165, 1.54) is 10.4 Å². The van der Waals surface area contributed by atoms with Gasteiger partial charge in [0.2, 0.25) is 0 Å². The smallest absolute Gasteiger partial charge is 0.320 e. The first kappa shape index (κ1) is 10.6. The maximum atomic E-state index is 11.0. The summed E-state index contributed by atoms with van der Waals surface area (Å²) >= 11 is 1.78. The molecule has 0 spiro atoms. The highest BCUT2D eigenvalue weighted by Crippen LogP contribution is 2.33. The maximum absolute atomic E-state index is 11.0. The lowest BCUT2D eigenvalue weighted by Gasteiger charge is -2.36. The number of fused-ring (bicyclic) bond motifs is 1. The van der Waals surface area contributed by atoms with Crippen molar-refractivity contribution in [2.45, 2.75) is 32.4 Å². The summed E-state index contributed by atoms with van der Waals surface area (Å²) in [6, 6.07) is 1.95. The maximum Gasteiger partial charge on any atom is 0.320 e. The first-order valence-electron chi connectivity index (χ1n) is 5.16. The SMILES string of the molecule is CC(C(=O)O)N1CCc2sccc2C1C. The summed E-state index contributed by atoms with van der Waals surface area (Å²) in [6.45, 7) is 4.70. The standard InChI is InChI=1S/C11H15NO2S/c1-7-9-4-6-15-10(9)3-5-12(7)8(2)11(13)14/h4,6-8H,3,5H2,1-2H3,(H,13,14). The van der Waals surface area contributed by atoms with Crippen LogP contribution in [0.25, 0.3) is 0 Å². The number of carboxylic acids is 1. The molecular formula is C11H15NO2S. The Morgan fingerprint density at radius 1 is 1.73 bits per heavy atom. The number of thiophene rings is 1. The van der Waals surface area contributed by atoms with Crippen LogP contribution < -0.4 is 0 Å². The van der Waals surface area contributed by atoms with Crippen molar-refractivity contribution >= 4 is 17.3 Å². The first-order valence-corrected chi connectivity index (χ1v) is 6.04. The van der Waals surface area contributed by atoms with Gasteiger partial charge < -0.3 is 5.11 Å². The Hall–Kier alpha value is -0.870. The molecule has 1 aromatic rings. The lowest BCUT2D eigenvalue weighted by molar-refractivity contribution is -0.143. The second-order valence-corrected chi connectivity index (χ2v) is 4.98. The van der Waals surface area contributed by atoms with Gasteiger partial charge in [0.05, 0.1) is 0 Å². The third-order valence-electron chi connectivity index (χ3n) is 3.18. The van der Waals surface area contributed by atoms with Gasteiger partial charge in [0.25, 0.3) is 0 Å². The molecule has 4 heteroatoms. The Morgan fingerprint density at radius 2 is 2.47 bits per heavy atom. The quantitative estimate of drug-likeness (QED) is 0.838. The molecule has 1 N–H and O–H groups in total. The van der Waals surface area contributed by atoms with Crippen molar-refractivity contribution in [3.8, 4) is 0 Å². The average molecular weight is 225 g/mol. The van der Waals surface area contributed by atoms with Gasteiger partial charge in [-0.1, -0.05) is 0 Å². The van der Waals surface area contributed by atoms with E-state index < -0.39 is 12.0 Å². The van der Waals surface area contributed by atoms with Gasteiger partial charge in [-0.15, -0.1) is 11.3 Å². The number of rotatable bonds is 2. The van der Waals surface area contributed by atoms with Gasteiger partial charge in [-0.25, -0.2) is 0 Å². The topological polar surface area (TPSA) is 40.5 Å². The lowest BCUT2D eigenvalue weighted by Crippen LogP contribution is -2.43. The third kappa shape index (κ3) is 1.79. The fourth-order valence-electron chi connectivity index (χ4n) is 2.20. The highest BCUT2D eigenvalue weighted by Gasteiger charge is 2.30. The number of carboxylic acid groups (broad SMARTS) is 1. The normalized spacial score (nSPS) is 23.5. The second kappa shape index (κ2) is 3.94. The van der Waals surface area contributed by atoms with Crippen molar-refractivity contribution in [1.82, 2.24) is 4.90 Å². The van der Waals surface area contributed by atoms with Crippen LogP contribution in [-0.4, -0.2) is 28.6 Å². The molecule has 82 valence electrons. The fourth-order valence-corrected chi connectivity index (χ4v) is 3.16. The third-order valence-corrected chi connectivity index (χ3v) is 4.18. The van der Waals surface area contributed by atoms with Crippen LogP contribution in [-0.2, 0) is 11.2 Å². The van der Waals surface area contributed by atoms with Crippen molar-refractivity contribution in [3.63, 3.8) is 0 Å². The zero-order valence-corrected chi connectivity index (χ0v) is 9.75. The molecule has 2 unspecified atom stereocenters. The van der Waals surface area contributed by atoms with Crippen molar-refractivity contribution in [1.29, 1.82) is 0 Å². The molecule has 0 aliphatic carbocycles. The van der Waals surface area contributed by atoms with Gasteiger partial charge in [0, 0.05) is 17.5 Å². The molecule has 2 heterocycles. The van der Waals surface area contributed by atoms with Gasteiger partial charge in [0.15, 0.2) is 0 Å². The predicted octanol–water partition coefficient (Wildman–Crippen LogP) is 2.14. The average Bonchev–Trinajstić information content (AvgIpc) is 2.66. The van der Waals surface area contributed by atoms with E-state index in [4.69, 9.17) is 5.11 Å². The molecule has 15 heavy (non-hydrogen) atoms. The van der Waals surface area contributed by atoms with E-state index in [1.54, 1.807) is 18.3 Å². The fraction of sp³-hybridized carbons (Fsp3) is 0.545. The second-order valence-electron chi connectivity index (χ2n) is 3.98. The minimum absolute atomic E-state index is 0.228. The Morgan fingerprint density at radius 3 is 3.13 bits per heavy atom. The van der Waals surface area contributed by atoms with Crippen LogP contribution in [0.2, 0.25) is 0 Å². The summed E-state index contributed by atoms with van der Waals surface area (Å²) in [5.41, 5.74) is 1.30. The molecule has 1 aliphatic heterocycles. The molecule has 3 nitrogen and oxygen atoms in total. The number of hydrogen-bond acceptors (Lipinski definition) is 3. The van der Waals surface area contributed by atoms with Gasteiger partial charge in [-0.05, 0) is 37.3 Å². The zero-order valence-electron chi connectivity index (χ0n) is 8.93. The largest absolute Gasteiger partial charge is 0.480 e. The Labute approximate surface area is 93.3 Å². The Balaban J connectivity index is 2.23. The first-order chi connectivity index (χ1) is 7.11. The van der Waals surface area contributed by atoms with Crippen LogP contribution in [0.4, 0.5) is 0 Å². The van der Waals surface area contributed by atoms with Crippen LogP contribution in [0, 0.1) is 0 Å². The summed E-state index contributed by atoms with van der Waals surface area (Å²) in [5, 5.41) is 11.1. The van der Waals surface area contributed by atoms with Crippen LogP contribution in [0.3, 0.4) is 0 Å². The van der Waals surface area contributed by atoms with Gasteiger partial charge >= 0.3 is 5.97 Å². The molecule has 1 aromatic heterocycles. The number of hydrogen-bond donors (Lipinski definition) is 1. The molecule has 2 atom stereocenters. The molecule has 2 rings (SSSR count). The predicted molar refractivity (Wildman–Crippen MR) is 60.2 cm³/mol. The molecule has 0 saturated carbocycles. The molecule has 0 bridgehead atoms. The molecular weight excluding hydrogens is 210 g/mol. The van der Waals surface area contributed by atoms with Crippen molar-refractivity contribution in [2.24, 2.45) is 0 Å². The van der Waals surface area contributed by atoms with E-state index in [2.05, 4.69) is 23.3 Å². The highest BCUT2D eigenvalue weighted by atomic mass is 32.1. The van der Waals surface area contributed by atoms with Crippen LogP contribution in [0.5, 0.6) is 0 Å². The van der Waals surface area contributed by atoms with Crippen LogP contribution >= 0.6 is 11.3 Å². The van der Waals surface area contributed by atoms with E-state index in [0.717, 1.165) is 13.0 Å². The van der Waals surface area contributed by atoms with E-state index in [0.29, 0.717) is 0 Å². The monoisotopic (exact) mass is 225 g/mol. The van der Waals surface area contributed by atoms with Gasteiger partial charge in [-0.3, -0.25) is 9.69 Å². The van der Waals surface area contributed by atoms with Crippen molar-refractivity contribution in [2.75, 3.05) is 6.54 Å². The highest BCUT2D eigenvalue weighted by molar-refractivity contribution is 7.10. The van der Waals surface area contributed by atoms with Crippen LogP contribution in [0.1, 0.15) is 30.3 Å². The Kier molecular flexibility index (Phi) is 2.80. The molecule has 0 radical (unpaired) electrons. The van der Waals surface area contributed by atoms with Gasteiger partial charge in [-0.2, -0.15) is 0 Å². The van der Waals surface area contributed by atoms with E-state index in [1.807, 2.05) is 0 Å². The molecule has 0 aromatic carbocycles. The Bertz CT molecular complexity index is 374.